The normalized spacial score (nSPS) is 10.6. The molecular weight excluding hydrogens is 274 g/mol. The van der Waals surface area contributed by atoms with Crippen LogP contribution in [0.15, 0.2) is 28.9 Å². The van der Waals surface area contributed by atoms with E-state index in [-0.39, 0.29) is 0 Å². The summed E-state index contributed by atoms with van der Waals surface area (Å²) in [6, 6.07) is 5.39. The zero-order valence-corrected chi connectivity index (χ0v) is 10.4. The molecule has 0 aliphatic heterocycles. The molecule has 0 fully saturated rings. The molecule has 0 aliphatic rings. The van der Waals surface area contributed by atoms with Crippen LogP contribution in [0.3, 0.4) is 0 Å². The van der Waals surface area contributed by atoms with Crippen LogP contribution in [0.2, 0.25) is 0 Å². The number of ether oxygens (including phenoxy) is 1. The third-order valence-corrected chi connectivity index (χ3v) is 2.31. The molecule has 0 aromatic heterocycles. The van der Waals surface area contributed by atoms with E-state index in [2.05, 4.69) is 15.9 Å². The van der Waals surface area contributed by atoms with Crippen molar-refractivity contribution in [1.29, 1.82) is 0 Å². The summed E-state index contributed by atoms with van der Waals surface area (Å²) in [6.45, 7) is 2.60. The summed E-state index contributed by atoms with van der Waals surface area (Å²) in [6.07, 6.45) is 3.23. The van der Waals surface area contributed by atoms with E-state index in [1.54, 1.807) is 12.1 Å². The largest absolute Gasteiger partial charge is 0.493 e. The van der Waals surface area contributed by atoms with Gasteiger partial charge in [-0.25, -0.2) is 0 Å². The second kappa shape index (κ2) is 6.27. The molecule has 0 spiro atoms. The van der Waals surface area contributed by atoms with Gasteiger partial charge < -0.3 is 4.74 Å². The standard InChI is InChI=1S/C11H12BrNO3/c1-2-7-16-11-8-10(12)4-3-9(11)5-6-13(14)15/h3-6,8H,2,7H2,1H3. The summed E-state index contributed by atoms with van der Waals surface area (Å²) >= 11 is 3.33. The van der Waals surface area contributed by atoms with E-state index in [1.165, 1.54) is 6.08 Å². The molecule has 4 nitrogen and oxygen atoms in total. The number of benzene rings is 1. The van der Waals surface area contributed by atoms with Crippen LogP contribution in [0.5, 0.6) is 5.75 Å². The molecule has 5 heteroatoms. The SMILES string of the molecule is CCCOc1cc(Br)ccc1C=C[N+](=O)[O-]. The number of nitrogens with zero attached hydrogens (tertiary/aromatic N) is 1. The van der Waals surface area contributed by atoms with E-state index in [0.29, 0.717) is 17.9 Å². The number of halogens is 1. The van der Waals surface area contributed by atoms with Crippen LogP contribution in [0, 0.1) is 10.1 Å². The highest BCUT2D eigenvalue weighted by Gasteiger charge is 2.02. The van der Waals surface area contributed by atoms with Gasteiger partial charge in [-0.15, -0.1) is 0 Å². The van der Waals surface area contributed by atoms with Crippen LogP contribution in [0.1, 0.15) is 18.9 Å². The number of hydrogen-bond acceptors (Lipinski definition) is 3. The number of rotatable bonds is 5. The summed E-state index contributed by atoms with van der Waals surface area (Å²) in [7, 11) is 0. The third-order valence-electron chi connectivity index (χ3n) is 1.81. The first-order chi connectivity index (χ1) is 7.63. The molecule has 0 N–H and O–H groups in total. The smallest absolute Gasteiger partial charge is 0.235 e. The van der Waals surface area contributed by atoms with Crippen LogP contribution < -0.4 is 4.74 Å². The van der Waals surface area contributed by atoms with Gasteiger partial charge in [0.1, 0.15) is 5.75 Å². The summed E-state index contributed by atoms with van der Waals surface area (Å²) in [5.41, 5.74) is 0.702. The lowest BCUT2D eigenvalue weighted by Crippen LogP contribution is -1.97. The Morgan fingerprint density at radius 3 is 2.94 bits per heavy atom. The Labute approximate surface area is 102 Å². The fourth-order valence-electron chi connectivity index (χ4n) is 1.12. The Morgan fingerprint density at radius 1 is 1.56 bits per heavy atom. The van der Waals surface area contributed by atoms with Crippen LogP contribution in [-0.2, 0) is 0 Å². The molecule has 1 rings (SSSR count). The van der Waals surface area contributed by atoms with Crippen LogP contribution in [-0.4, -0.2) is 11.5 Å². The molecule has 1 aromatic carbocycles. The maximum Gasteiger partial charge on any atom is 0.235 e. The summed E-state index contributed by atoms with van der Waals surface area (Å²) < 4.78 is 6.38. The first-order valence-electron chi connectivity index (χ1n) is 4.87. The van der Waals surface area contributed by atoms with Crippen molar-refractivity contribution in [3.05, 3.63) is 44.5 Å². The van der Waals surface area contributed by atoms with Crippen molar-refractivity contribution in [2.75, 3.05) is 6.61 Å². The van der Waals surface area contributed by atoms with Crippen molar-refractivity contribution < 1.29 is 9.66 Å². The van der Waals surface area contributed by atoms with Gasteiger partial charge in [0.2, 0.25) is 6.20 Å². The van der Waals surface area contributed by atoms with Crippen molar-refractivity contribution in [3.63, 3.8) is 0 Å². The molecule has 0 saturated carbocycles. The lowest BCUT2D eigenvalue weighted by molar-refractivity contribution is -0.400. The fraction of sp³-hybridized carbons (Fsp3) is 0.273. The lowest BCUT2D eigenvalue weighted by Gasteiger charge is -2.07. The fourth-order valence-corrected chi connectivity index (χ4v) is 1.46. The molecule has 0 amide bonds. The van der Waals surface area contributed by atoms with E-state index in [0.717, 1.165) is 17.1 Å². The second-order valence-electron chi connectivity index (χ2n) is 3.13. The van der Waals surface area contributed by atoms with Crippen molar-refractivity contribution in [1.82, 2.24) is 0 Å². The quantitative estimate of drug-likeness (QED) is 0.615. The van der Waals surface area contributed by atoms with Gasteiger partial charge in [-0.2, -0.15) is 0 Å². The molecule has 1 aromatic rings. The number of hydrogen-bond donors (Lipinski definition) is 0. The van der Waals surface area contributed by atoms with Crippen molar-refractivity contribution in [2.24, 2.45) is 0 Å². The van der Waals surface area contributed by atoms with E-state index in [1.807, 2.05) is 13.0 Å². The minimum absolute atomic E-state index is 0.494. The predicted molar refractivity (Wildman–Crippen MR) is 66.0 cm³/mol. The highest BCUT2D eigenvalue weighted by molar-refractivity contribution is 9.10. The van der Waals surface area contributed by atoms with Crippen molar-refractivity contribution in [3.8, 4) is 5.75 Å². The Hall–Kier alpha value is -1.36. The Morgan fingerprint density at radius 2 is 2.31 bits per heavy atom. The van der Waals surface area contributed by atoms with Gasteiger partial charge in [0.05, 0.1) is 11.5 Å². The lowest BCUT2D eigenvalue weighted by atomic mass is 10.2. The third kappa shape index (κ3) is 4.02. The maximum atomic E-state index is 10.2. The predicted octanol–water partition coefficient (Wildman–Crippen LogP) is 3.49. The molecule has 0 aliphatic carbocycles. The van der Waals surface area contributed by atoms with Crippen LogP contribution >= 0.6 is 15.9 Å². The average Bonchev–Trinajstić information content (AvgIpc) is 2.24. The first kappa shape index (κ1) is 12.7. The summed E-state index contributed by atoms with van der Waals surface area (Å²) in [5.74, 6) is 0.648. The monoisotopic (exact) mass is 285 g/mol. The highest BCUT2D eigenvalue weighted by atomic mass is 79.9. The topological polar surface area (TPSA) is 52.4 Å². The van der Waals surface area contributed by atoms with Crippen molar-refractivity contribution in [2.45, 2.75) is 13.3 Å². The number of nitro groups is 1. The Balaban J connectivity index is 2.92. The molecule has 0 radical (unpaired) electrons. The molecule has 0 unspecified atom stereocenters. The molecule has 0 atom stereocenters. The van der Waals surface area contributed by atoms with Gasteiger partial charge in [0.25, 0.3) is 0 Å². The van der Waals surface area contributed by atoms with Gasteiger partial charge >= 0.3 is 0 Å². The van der Waals surface area contributed by atoms with Gasteiger partial charge in [-0.05, 0) is 24.6 Å². The molecule has 0 heterocycles. The summed E-state index contributed by atoms with van der Waals surface area (Å²) in [4.78, 5) is 9.74. The highest BCUT2D eigenvalue weighted by Crippen LogP contribution is 2.25. The van der Waals surface area contributed by atoms with E-state index >= 15 is 0 Å². The van der Waals surface area contributed by atoms with E-state index in [4.69, 9.17) is 4.74 Å². The van der Waals surface area contributed by atoms with Crippen LogP contribution in [0.4, 0.5) is 0 Å². The average molecular weight is 286 g/mol. The van der Waals surface area contributed by atoms with E-state index < -0.39 is 4.92 Å². The maximum absolute atomic E-state index is 10.2. The first-order valence-corrected chi connectivity index (χ1v) is 5.67. The minimum Gasteiger partial charge on any atom is -0.493 e. The Kier molecular flexibility index (Phi) is 4.98. The molecule has 86 valence electrons. The molecular formula is C11H12BrNO3. The zero-order valence-electron chi connectivity index (χ0n) is 8.85. The Bertz CT molecular complexity index is 404. The molecule has 16 heavy (non-hydrogen) atoms. The van der Waals surface area contributed by atoms with Crippen LogP contribution in [0.25, 0.3) is 6.08 Å². The molecule has 0 saturated heterocycles. The second-order valence-corrected chi connectivity index (χ2v) is 4.05. The van der Waals surface area contributed by atoms with Gasteiger partial charge in [-0.1, -0.05) is 22.9 Å². The van der Waals surface area contributed by atoms with E-state index in [9.17, 15) is 10.1 Å². The van der Waals surface area contributed by atoms with Gasteiger partial charge in [-0.3, -0.25) is 10.1 Å². The van der Waals surface area contributed by atoms with Gasteiger partial charge in [0, 0.05) is 16.1 Å². The molecule has 0 bridgehead atoms. The minimum atomic E-state index is -0.494. The summed E-state index contributed by atoms with van der Waals surface area (Å²) in [5, 5.41) is 10.2. The van der Waals surface area contributed by atoms with Crippen molar-refractivity contribution >= 4 is 22.0 Å². The zero-order chi connectivity index (χ0) is 12.0. The van der Waals surface area contributed by atoms with Gasteiger partial charge in [0.15, 0.2) is 0 Å².